The molecule has 2 aromatic heterocycles. The molecule has 3 rings (SSSR count). The Morgan fingerprint density at radius 3 is 2.96 bits per heavy atom. The van der Waals surface area contributed by atoms with Crippen LogP contribution in [0.1, 0.15) is 12.5 Å². The minimum atomic E-state index is -0.322. The zero-order valence-corrected chi connectivity index (χ0v) is 15.1. The Labute approximate surface area is 149 Å². The monoisotopic (exact) mass is 357 g/mol. The fourth-order valence-electron chi connectivity index (χ4n) is 2.55. The van der Waals surface area contributed by atoms with E-state index in [2.05, 4.69) is 20.5 Å². The van der Waals surface area contributed by atoms with Crippen molar-refractivity contribution in [2.75, 3.05) is 19.5 Å². The second-order valence-electron chi connectivity index (χ2n) is 5.65. The van der Waals surface area contributed by atoms with Crippen LogP contribution in [-0.2, 0) is 11.3 Å². The molecule has 1 aromatic carbocycles. The van der Waals surface area contributed by atoms with E-state index >= 15 is 0 Å². The van der Waals surface area contributed by atoms with E-state index < -0.39 is 0 Å². The van der Waals surface area contributed by atoms with Crippen LogP contribution in [0.4, 0.5) is 5.13 Å². The summed E-state index contributed by atoms with van der Waals surface area (Å²) >= 11 is 1.30. The van der Waals surface area contributed by atoms with Gasteiger partial charge in [-0.15, -0.1) is 10.2 Å². The van der Waals surface area contributed by atoms with E-state index in [0.717, 1.165) is 22.2 Å². The number of methoxy groups -OCH3 is 1. The molecule has 0 saturated carbocycles. The summed E-state index contributed by atoms with van der Waals surface area (Å²) in [6.45, 7) is 2.47. The number of carbonyl (C=O) groups is 1. The lowest BCUT2D eigenvalue weighted by atomic mass is 10.1. The van der Waals surface area contributed by atoms with E-state index in [1.165, 1.54) is 11.3 Å². The zero-order valence-electron chi connectivity index (χ0n) is 14.3. The van der Waals surface area contributed by atoms with Crippen LogP contribution in [-0.4, -0.2) is 46.2 Å². The Bertz CT molecular complexity index is 869. The third kappa shape index (κ3) is 3.75. The zero-order chi connectivity index (χ0) is 17.8. The molecular weight excluding hydrogens is 338 g/mol. The van der Waals surface area contributed by atoms with Crippen molar-refractivity contribution in [2.24, 2.45) is 0 Å². The van der Waals surface area contributed by atoms with Gasteiger partial charge in [-0.1, -0.05) is 23.5 Å². The van der Waals surface area contributed by atoms with E-state index in [-0.39, 0.29) is 11.9 Å². The van der Waals surface area contributed by atoms with Gasteiger partial charge in [0.15, 0.2) is 0 Å². The molecule has 0 saturated heterocycles. The summed E-state index contributed by atoms with van der Waals surface area (Å²) in [6.07, 6.45) is 1.75. The maximum atomic E-state index is 12.4. The number of hydrogen-bond donors (Lipinski definition) is 1. The summed E-state index contributed by atoms with van der Waals surface area (Å²) in [4.78, 5) is 18.7. The highest BCUT2D eigenvalue weighted by Gasteiger charge is 2.20. The minimum Gasteiger partial charge on any atom is -0.494 e. The number of ether oxygens (including phenoxy) is 1. The number of carbonyl (C=O) groups excluding carboxylic acids is 1. The van der Waals surface area contributed by atoms with Crippen molar-refractivity contribution < 1.29 is 9.53 Å². The fraction of sp³-hybridized carbons (Fsp3) is 0.294. The molecule has 8 heteroatoms. The summed E-state index contributed by atoms with van der Waals surface area (Å²) in [5, 5.41) is 11.9. The van der Waals surface area contributed by atoms with Crippen molar-refractivity contribution in [3.8, 4) is 5.75 Å². The van der Waals surface area contributed by atoms with Crippen LogP contribution in [0.3, 0.4) is 0 Å². The Hall–Kier alpha value is -2.58. The van der Waals surface area contributed by atoms with Crippen LogP contribution in [0.15, 0.2) is 36.0 Å². The normalized spacial score (nSPS) is 12.3. The summed E-state index contributed by atoms with van der Waals surface area (Å²) in [5.74, 6) is 0.624. The second-order valence-corrected chi connectivity index (χ2v) is 6.48. The average Bonchev–Trinajstić information content (AvgIpc) is 3.14. The molecule has 130 valence electrons. The fourth-order valence-corrected chi connectivity index (χ4v) is 3.00. The van der Waals surface area contributed by atoms with Crippen molar-refractivity contribution in [3.05, 3.63) is 41.5 Å². The number of likely N-dealkylation sites (N-methyl/N-ethyl adjacent to an activating group) is 1. The highest BCUT2D eigenvalue weighted by atomic mass is 32.1. The van der Waals surface area contributed by atoms with Crippen molar-refractivity contribution in [1.29, 1.82) is 0 Å². The van der Waals surface area contributed by atoms with Crippen LogP contribution in [0.5, 0.6) is 5.75 Å². The average molecular weight is 357 g/mol. The van der Waals surface area contributed by atoms with Crippen LogP contribution in [0.25, 0.3) is 10.9 Å². The Balaban J connectivity index is 1.77. The van der Waals surface area contributed by atoms with Gasteiger partial charge in [-0.3, -0.25) is 20.0 Å². The summed E-state index contributed by atoms with van der Waals surface area (Å²) < 4.78 is 5.38. The smallest absolute Gasteiger partial charge is 0.243 e. The highest BCUT2D eigenvalue weighted by Crippen LogP contribution is 2.27. The molecule has 0 radical (unpaired) electrons. The Morgan fingerprint density at radius 1 is 1.40 bits per heavy atom. The van der Waals surface area contributed by atoms with Gasteiger partial charge >= 0.3 is 0 Å². The molecule has 1 N–H and O–H groups in total. The predicted molar refractivity (Wildman–Crippen MR) is 97.8 cm³/mol. The van der Waals surface area contributed by atoms with Crippen LogP contribution >= 0.6 is 11.3 Å². The predicted octanol–water partition coefficient (Wildman–Crippen LogP) is 2.55. The number of nitrogens with one attached hydrogen (secondary N) is 1. The SMILES string of the molecule is COc1ccc(CN(C)[C@@H](C)C(=O)Nc2nncs2)c2cccnc12. The lowest BCUT2D eigenvalue weighted by Crippen LogP contribution is -2.39. The summed E-state index contributed by atoms with van der Waals surface area (Å²) in [7, 11) is 3.55. The van der Waals surface area contributed by atoms with Gasteiger partial charge in [0.1, 0.15) is 16.8 Å². The van der Waals surface area contributed by atoms with E-state index in [0.29, 0.717) is 11.7 Å². The van der Waals surface area contributed by atoms with Gasteiger partial charge in [-0.05, 0) is 31.7 Å². The Kier molecular flexibility index (Phi) is 5.20. The molecule has 0 fully saturated rings. The highest BCUT2D eigenvalue weighted by molar-refractivity contribution is 7.13. The Morgan fingerprint density at radius 2 is 2.24 bits per heavy atom. The second kappa shape index (κ2) is 7.54. The topological polar surface area (TPSA) is 80.2 Å². The lowest BCUT2D eigenvalue weighted by molar-refractivity contribution is -0.120. The van der Waals surface area contributed by atoms with Gasteiger partial charge < -0.3 is 4.74 Å². The number of benzene rings is 1. The molecule has 0 bridgehead atoms. The van der Waals surface area contributed by atoms with Crippen molar-refractivity contribution >= 4 is 33.3 Å². The molecule has 0 aliphatic rings. The first-order valence-corrected chi connectivity index (χ1v) is 8.66. The van der Waals surface area contributed by atoms with Gasteiger partial charge in [-0.2, -0.15) is 0 Å². The molecule has 25 heavy (non-hydrogen) atoms. The molecule has 0 unspecified atom stereocenters. The molecule has 2 heterocycles. The third-order valence-electron chi connectivity index (χ3n) is 4.09. The van der Waals surface area contributed by atoms with E-state index in [1.54, 1.807) is 18.8 Å². The molecular formula is C17H19N5O2S. The van der Waals surface area contributed by atoms with Crippen LogP contribution in [0.2, 0.25) is 0 Å². The maximum absolute atomic E-state index is 12.4. The van der Waals surface area contributed by atoms with Crippen molar-refractivity contribution in [2.45, 2.75) is 19.5 Å². The molecule has 1 atom stereocenters. The van der Waals surface area contributed by atoms with Gasteiger partial charge in [0.25, 0.3) is 0 Å². The van der Waals surface area contributed by atoms with Gasteiger partial charge in [0.2, 0.25) is 11.0 Å². The largest absolute Gasteiger partial charge is 0.494 e. The van der Waals surface area contributed by atoms with E-state index in [1.807, 2.05) is 43.1 Å². The number of rotatable bonds is 6. The number of fused-ring (bicyclic) bond motifs is 1. The first-order valence-electron chi connectivity index (χ1n) is 7.78. The summed E-state index contributed by atoms with van der Waals surface area (Å²) in [6, 6.07) is 7.51. The number of nitrogens with zero attached hydrogens (tertiary/aromatic N) is 4. The van der Waals surface area contributed by atoms with Crippen LogP contribution < -0.4 is 10.1 Å². The first-order chi connectivity index (χ1) is 12.1. The minimum absolute atomic E-state index is 0.116. The standard InChI is InChI=1S/C17H19N5O2S/c1-11(16(23)20-17-21-19-10-25-17)22(2)9-12-6-7-14(24-3)15-13(12)5-4-8-18-15/h4-8,10-11H,9H2,1-3H3,(H,20,21,23)/t11-/m0/s1. The lowest BCUT2D eigenvalue weighted by Gasteiger charge is -2.24. The third-order valence-corrected chi connectivity index (χ3v) is 4.70. The molecule has 0 spiro atoms. The quantitative estimate of drug-likeness (QED) is 0.730. The summed E-state index contributed by atoms with van der Waals surface area (Å²) in [5.41, 5.74) is 3.49. The molecule has 1 amide bonds. The van der Waals surface area contributed by atoms with Gasteiger partial charge in [0.05, 0.1) is 13.2 Å². The number of amides is 1. The molecule has 0 aliphatic carbocycles. The molecule has 3 aromatic rings. The van der Waals surface area contributed by atoms with E-state index in [4.69, 9.17) is 4.74 Å². The van der Waals surface area contributed by atoms with Gasteiger partial charge in [-0.25, -0.2) is 0 Å². The first kappa shape index (κ1) is 17.2. The van der Waals surface area contributed by atoms with Crippen LogP contribution in [0, 0.1) is 0 Å². The van der Waals surface area contributed by atoms with E-state index in [9.17, 15) is 4.79 Å². The number of pyridine rings is 1. The molecule has 7 nitrogen and oxygen atoms in total. The van der Waals surface area contributed by atoms with Gasteiger partial charge in [0, 0.05) is 18.1 Å². The number of anilines is 1. The number of aromatic nitrogens is 3. The van der Waals surface area contributed by atoms with Crippen molar-refractivity contribution in [1.82, 2.24) is 20.1 Å². The number of hydrogen-bond acceptors (Lipinski definition) is 7. The maximum Gasteiger partial charge on any atom is 0.243 e. The molecule has 0 aliphatic heterocycles. The van der Waals surface area contributed by atoms with Crippen molar-refractivity contribution in [3.63, 3.8) is 0 Å².